The first-order valence-electron chi connectivity index (χ1n) is 3.55. The van der Waals surface area contributed by atoms with Gasteiger partial charge in [-0.3, -0.25) is 4.98 Å². The SMILES string of the molecule is Oc1ccsc1-c1cccnc1. The molecule has 0 saturated carbocycles. The van der Waals surface area contributed by atoms with Crippen LogP contribution in [0.3, 0.4) is 0 Å². The highest BCUT2D eigenvalue weighted by Gasteiger charge is 2.03. The molecule has 2 aromatic heterocycles. The fourth-order valence-electron chi connectivity index (χ4n) is 1.02. The van der Waals surface area contributed by atoms with E-state index >= 15 is 0 Å². The highest BCUT2D eigenvalue weighted by Crippen LogP contribution is 2.33. The molecule has 0 radical (unpaired) electrons. The lowest BCUT2D eigenvalue weighted by Crippen LogP contribution is -1.73. The molecule has 0 aliphatic carbocycles. The first-order valence-corrected chi connectivity index (χ1v) is 4.43. The monoisotopic (exact) mass is 177 g/mol. The van der Waals surface area contributed by atoms with Crippen LogP contribution in [0.1, 0.15) is 0 Å². The zero-order valence-corrected chi connectivity index (χ0v) is 7.08. The largest absolute Gasteiger partial charge is 0.506 e. The van der Waals surface area contributed by atoms with Crippen molar-refractivity contribution in [3.8, 4) is 16.2 Å². The van der Waals surface area contributed by atoms with Gasteiger partial charge in [0.05, 0.1) is 4.88 Å². The van der Waals surface area contributed by atoms with Gasteiger partial charge in [-0.25, -0.2) is 0 Å². The van der Waals surface area contributed by atoms with Crippen LogP contribution in [0.15, 0.2) is 36.0 Å². The van der Waals surface area contributed by atoms with Crippen molar-refractivity contribution in [3.05, 3.63) is 36.0 Å². The molecule has 0 spiro atoms. The molecular weight excluding hydrogens is 170 g/mol. The number of rotatable bonds is 1. The van der Waals surface area contributed by atoms with Crippen LogP contribution >= 0.6 is 11.3 Å². The number of aromatic hydroxyl groups is 1. The average molecular weight is 177 g/mol. The van der Waals surface area contributed by atoms with Crippen LogP contribution < -0.4 is 0 Å². The van der Waals surface area contributed by atoms with Crippen molar-refractivity contribution in [2.24, 2.45) is 0 Å². The second-order valence-electron chi connectivity index (χ2n) is 2.38. The van der Waals surface area contributed by atoms with Crippen molar-refractivity contribution in [3.63, 3.8) is 0 Å². The third kappa shape index (κ3) is 1.19. The van der Waals surface area contributed by atoms with Crippen LogP contribution in [-0.2, 0) is 0 Å². The summed E-state index contributed by atoms with van der Waals surface area (Å²) < 4.78 is 0. The molecule has 0 atom stereocenters. The van der Waals surface area contributed by atoms with Crippen molar-refractivity contribution in [2.45, 2.75) is 0 Å². The van der Waals surface area contributed by atoms with E-state index in [9.17, 15) is 5.11 Å². The average Bonchev–Trinajstić information content (AvgIpc) is 2.53. The summed E-state index contributed by atoms with van der Waals surface area (Å²) >= 11 is 1.51. The maximum Gasteiger partial charge on any atom is 0.134 e. The Bertz CT molecular complexity index is 369. The normalized spacial score (nSPS) is 10.0. The van der Waals surface area contributed by atoms with E-state index in [0.717, 1.165) is 10.4 Å². The van der Waals surface area contributed by atoms with Gasteiger partial charge in [0, 0.05) is 18.0 Å². The molecule has 0 aliphatic rings. The summed E-state index contributed by atoms with van der Waals surface area (Å²) in [5, 5.41) is 11.2. The summed E-state index contributed by atoms with van der Waals surface area (Å²) in [6.45, 7) is 0. The maximum absolute atomic E-state index is 9.39. The van der Waals surface area contributed by atoms with Crippen LogP contribution in [0.25, 0.3) is 10.4 Å². The fraction of sp³-hybridized carbons (Fsp3) is 0. The van der Waals surface area contributed by atoms with Crippen LogP contribution in [0.2, 0.25) is 0 Å². The highest BCUT2D eigenvalue weighted by molar-refractivity contribution is 7.14. The summed E-state index contributed by atoms with van der Waals surface area (Å²) in [5.74, 6) is 0.327. The molecule has 0 saturated heterocycles. The minimum absolute atomic E-state index is 0.327. The molecule has 0 fully saturated rings. The Balaban J connectivity index is 2.51. The zero-order chi connectivity index (χ0) is 8.39. The Morgan fingerprint density at radius 3 is 2.83 bits per heavy atom. The predicted octanol–water partition coefficient (Wildman–Crippen LogP) is 2.52. The molecule has 2 rings (SSSR count). The van der Waals surface area contributed by atoms with E-state index < -0.39 is 0 Å². The van der Waals surface area contributed by atoms with E-state index in [1.807, 2.05) is 17.5 Å². The zero-order valence-electron chi connectivity index (χ0n) is 6.27. The first-order chi connectivity index (χ1) is 5.88. The number of thiophene rings is 1. The van der Waals surface area contributed by atoms with Gasteiger partial charge in [0.25, 0.3) is 0 Å². The van der Waals surface area contributed by atoms with E-state index in [0.29, 0.717) is 5.75 Å². The minimum atomic E-state index is 0.327. The lowest BCUT2D eigenvalue weighted by Gasteiger charge is -1.95. The van der Waals surface area contributed by atoms with Crippen LogP contribution in [0.5, 0.6) is 5.75 Å². The van der Waals surface area contributed by atoms with Gasteiger partial charge < -0.3 is 5.11 Å². The molecule has 3 heteroatoms. The number of aromatic nitrogens is 1. The van der Waals surface area contributed by atoms with Gasteiger partial charge >= 0.3 is 0 Å². The van der Waals surface area contributed by atoms with Crippen molar-refractivity contribution in [1.82, 2.24) is 4.98 Å². The molecular formula is C9H7NOS. The van der Waals surface area contributed by atoms with E-state index in [2.05, 4.69) is 4.98 Å². The fourth-order valence-corrected chi connectivity index (χ4v) is 1.79. The lowest BCUT2D eigenvalue weighted by atomic mass is 10.2. The van der Waals surface area contributed by atoms with Gasteiger partial charge in [0.1, 0.15) is 5.75 Å². The summed E-state index contributed by atoms with van der Waals surface area (Å²) in [5.41, 5.74) is 0.963. The number of pyridine rings is 1. The Kier molecular flexibility index (Phi) is 1.80. The summed E-state index contributed by atoms with van der Waals surface area (Å²) in [6.07, 6.45) is 3.46. The smallest absolute Gasteiger partial charge is 0.134 e. The molecule has 12 heavy (non-hydrogen) atoms. The van der Waals surface area contributed by atoms with Crippen LogP contribution in [0.4, 0.5) is 0 Å². The van der Waals surface area contributed by atoms with Crippen molar-refractivity contribution < 1.29 is 5.11 Å². The third-order valence-electron chi connectivity index (χ3n) is 1.57. The first kappa shape index (κ1) is 7.31. The van der Waals surface area contributed by atoms with Crippen LogP contribution in [0, 0.1) is 0 Å². The molecule has 0 aromatic carbocycles. The molecule has 1 N–H and O–H groups in total. The van der Waals surface area contributed by atoms with E-state index in [-0.39, 0.29) is 0 Å². The van der Waals surface area contributed by atoms with Gasteiger partial charge in [-0.15, -0.1) is 11.3 Å². The van der Waals surface area contributed by atoms with E-state index in [1.165, 1.54) is 11.3 Å². The van der Waals surface area contributed by atoms with Crippen molar-refractivity contribution in [1.29, 1.82) is 0 Å². The molecule has 0 unspecified atom stereocenters. The summed E-state index contributed by atoms with van der Waals surface area (Å²) in [6, 6.07) is 5.47. The molecule has 2 heterocycles. The molecule has 0 bridgehead atoms. The lowest BCUT2D eigenvalue weighted by molar-refractivity contribution is 0.479. The molecule has 0 aliphatic heterocycles. The van der Waals surface area contributed by atoms with Crippen molar-refractivity contribution >= 4 is 11.3 Å². The van der Waals surface area contributed by atoms with Gasteiger partial charge in [-0.2, -0.15) is 0 Å². The quantitative estimate of drug-likeness (QED) is 0.726. The Morgan fingerprint density at radius 2 is 2.25 bits per heavy atom. The number of hydrogen-bond acceptors (Lipinski definition) is 3. The Morgan fingerprint density at radius 1 is 1.33 bits per heavy atom. The van der Waals surface area contributed by atoms with Gasteiger partial charge in [0.15, 0.2) is 0 Å². The second-order valence-corrected chi connectivity index (χ2v) is 3.29. The molecule has 2 aromatic rings. The van der Waals surface area contributed by atoms with Gasteiger partial charge in [-0.1, -0.05) is 6.07 Å². The van der Waals surface area contributed by atoms with E-state index in [1.54, 1.807) is 18.5 Å². The topological polar surface area (TPSA) is 33.1 Å². The molecule has 60 valence electrons. The number of hydrogen-bond donors (Lipinski definition) is 1. The van der Waals surface area contributed by atoms with Gasteiger partial charge in [0.2, 0.25) is 0 Å². The van der Waals surface area contributed by atoms with E-state index in [4.69, 9.17) is 0 Å². The Labute approximate surface area is 74.1 Å². The highest BCUT2D eigenvalue weighted by atomic mass is 32.1. The second kappa shape index (κ2) is 2.95. The summed E-state index contributed by atoms with van der Waals surface area (Å²) in [4.78, 5) is 4.86. The summed E-state index contributed by atoms with van der Waals surface area (Å²) in [7, 11) is 0. The maximum atomic E-state index is 9.39. The Hall–Kier alpha value is -1.35. The number of nitrogens with zero attached hydrogens (tertiary/aromatic N) is 1. The minimum Gasteiger partial charge on any atom is -0.506 e. The molecule has 2 nitrogen and oxygen atoms in total. The van der Waals surface area contributed by atoms with Gasteiger partial charge in [-0.05, 0) is 17.5 Å². The molecule has 0 amide bonds. The predicted molar refractivity (Wildman–Crippen MR) is 49.2 cm³/mol. The standard InChI is InChI=1S/C9H7NOS/c11-8-3-5-12-9(8)7-2-1-4-10-6-7/h1-6,11H. The van der Waals surface area contributed by atoms with Crippen molar-refractivity contribution in [2.75, 3.05) is 0 Å². The third-order valence-corrected chi connectivity index (χ3v) is 2.52. The van der Waals surface area contributed by atoms with Crippen LogP contribution in [-0.4, -0.2) is 10.1 Å².